The lowest BCUT2D eigenvalue weighted by molar-refractivity contribution is 0.0695. The molecule has 0 saturated heterocycles. The monoisotopic (exact) mass is 410 g/mol. The largest absolute Gasteiger partial charge is 0.493 e. The van der Waals surface area contributed by atoms with Gasteiger partial charge in [-0.15, -0.1) is 0 Å². The molecule has 1 heterocycles. The van der Waals surface area contributed by atoms with Crippen LogP contribution in [-0.2, 0) is 0 Å². The highest BCUT2D eigenvalue weighted by Gasteiger charge is 2.26. The number of ether oxygens (including phenoxy) is 2. The maximum atomic E-state index is 12.2. The first-order valence-corrected chi connectivity index (χ1v) is 8.63. The molecule has 5 N–H and O–H groups in total. The number of nitrogens with one attached hydrogen (secondary N) is 1. The quantitative estimate of drug-likeness (QED) is 0.484. The fourth-order valence-corrected chi connectivity index (χ4v) is 3.21. The number of aromatic amines is 1. The maximum Gasteiger partial charge on any atom is 0.342 e. The number of methoxy groups -OCH3 is 2. The third-order valence-electron chi connectivity index (χ3n) is 4.54. The average Bonchev–Trinajstić information content (AvgIpc) is 2.72. The molecule has 0 unspecified atom stereocenters. The van der Waals surface area contributed by atoms with Crippen molar-refractivity contribution in [2.45, 2.75) is 0 Å². The molecule has 0 bridgehead atoms. The van der Waals surface area contributed by atoms with E-state index < -0.39 is 34.4 Å². The van der Waals surface area contributed by atoms with Gasteiger partial charge in [0.05, 0.1) is 14.2 Å². The molecule has 0 radical (unpaired) electrons. The molecule has 2 aromatic carbocycles. The normalized spacial score (nSPS) is 10.5. The van der Waals surface area contributed by atoms with Crippen molar-refractivity contribution in [3.8, 4) is 33.8 Å². The number of carboxylic acid groups (broad SMARTS) is 2. The molecule has 3 aromatic rings. The Morgan fingerprint density at radius 1 is 0.867 bits per heavy atom. The van der Waals surface area contributed by atoms with Gasteiger partial charge in [0.25, 0.3) is 5.56 Å². The third kappa shape index (κ3) is 3.55. The third-order valence-corrected chi connectivity index (χ3v) is 4.54. The van der Waals surface area contributed by atoms with Crippen LogP contribution in [0, 0.1) is 0 Å². The number of pyridine rings is 1. The Morgan fingerprint density at radius 3 is 2.07 bits per heavy atom. The Bertz CT molecular complexity index is 1210. The van der Waals surface area contributed by atoms with Crippen LogP contribution in [0.4, 0.5) is 5.82 Å². The van der Waals surface area contributed by atoms with E-state index in [-0.39, 0.29) is 11.1 Å². The highest BCUT2D eigenvalue weighted by Crippen LogP contribution is 2.35. The molecule has 154 valence electrons. The number of aromatic nitrogens is 1. The van der Waals surface area contributed by atoms with Gasteiger partial charge < -0.3 is 30.4 Å². The summed E-state index contributed by atoms with van der Waals surface area (Å²) in [6.45, 7) is 0. The van der Waals surface area contributed by atoms with Crippen LogP contribution in [-0.4, -0.2) is 41.4 Å². The van der Waals surface area contributed by atoms with E-state index in [4.69, 9.17) is 15.2 Å². The van der Waals surface area contributed by atoms with Crippen molar-refractivity contribution in [3.05, 3.63) is 63.9 Å². The SMILES string of the molecule is COc1ccc(-c2cccc(-c3c(C(=O)O)c(N)[nH]c(=O)c3C(=O)O)c2)cc1OC. The fraction of sp³-hybridized carbons (Fsp3) is 0.0952. The molecule has 0 atom stereocenters. The number of hydrogen-bond donors (Lipinski definition) is 4. The van der Waals surface area contributed by atoms with Crippen LogP contribution in [0.1, 0.15) is 20.7 Å². The summed E-state index contributed by atoms with van der Waals surface area (Å²) in [6, 6.07) is 11.7. The van der Waals surface area contributed by atoms with Crippen molar-refractivity contribution in [1.82, 2.24) is 4.98 Å². The second-order valence-corrected chi connectivity index (χ2v) is 6.25. The first kappa shape index (κ1) is 20.5. The van der Waals surface area contributed by atoms with Crippen molar-refractivity contribution in [3.63, 3.8) is 0 Å². The number of aromatic carboxylic acids is 2. The smallest absolute Gasteiger partial charge is 0.342 e. The fourth-order valence-electron chi connectivity index (χ4n) is 3.21. The summed E-state index contributed by atoms with van der Waals surface area (Å²) in [5, 5.41) is 19.1. The molecule has 0 fully saturated rings. The lowest BCUT2D eigenvalue weighted by Crippen LogP contribution is -2.24. The standard InChI is InChI=1S/C21H18N2O7/c1-29-13-7-6-11(9-14(13)30-2)10-4-3-5-12(8-10)15-16(20(25)26)18(22)23-19(24)17(15)21(27)28/h3-9H,1-2H3,(H,25,26)(H,27,28)(H3,22,23,24). The lowest BCUT2D eigenvalue weighted by atomic mass is 9.93. The summed E-state index contributed by atoms with van der Waals surface area (Å²) in [4.78, 5) is 37.8. The van der Waals surface area contributed by atoms with Crippen LogP contribution in [0.5, 0.6) is 11.5 Å². The molecular formula is C21H18N2O7. The van der Waals surface area contributed by atoms with Crippen molar-refractivity contribution >= 4 is 17.8 Å². The molecule has 0 aliphatic heterocycles. The van der Waals surface area contributed by atoms with Gasteiger partial charge in [0.15, 0.2) is 11.5 Å². The Balaban J connectivity index is 2.29. The molecule has 0 saturated carbocycles. The van der Waals surface area contributed by atoms with E-state index in [0.29, 0.717) is 22.6 Å². The van der Waals surface area contributed by atoms with Crippen molar-refractivity contribution in [2.24, 2.45) is 0 Å². The average molecular weight is 410 g/mol. The molecule has 0 spiro atoms. The Morgan fingerprint density at radius 2 is 1.47 bits per heavy atom. The number of carbonyl (C=O) groups is 2. The van der Waals surface area contributed by atoms with E-state index in [9.17, 15) is 24.6 Å². The molecule has 0 aliphatic rings. The van der Waals surface area contributed by atoms with Crippen LogP contribution in [0.25, 0.3) is 22.3 Å². The van der Waals surface area contributed by atoms with Gasteiger partial charge >= 0.3 is 11.9 Å². The predicted octanol–water partition coefficient (Wildman–Crippen LogP) is 2.70. The minimum Gasteiger partial charge on any atom is -0.493 e. The summed E-state index contributed by atoms with van der Waals surface area (Å²) in [6.07, 6.45) is 0. The Kier molecular flexibility index (Phi) is 5.45. The molecular weight excluding hydrogens is 392 g/mol. The Hall–Kier alpha value is -4.27. The van der Waals surface area contributed by atoms with Crippen LogP contribution >= 0.6 is 0 Å². The van der Waals surface area contributed by atoms with Gasteiger partial charge in [-0.25, -0.2) is 9.59 Å². The highest BCUT2D eigenvalue weighted by molar-refractivity contribution is 6.07. The second-order valence-electron chi connectivity index (χ2n) is 6.25. The zero-order valence-electron chi connectivity index (χ0n) is 16.1. The van der Waals surface area contributed by atoms with E-state index in [1.54, 1.807) is 36.4 Å². The van der Waals surface area contributed by atoms with Crippen molar-refractivity contribution < 1.29 is 29.3 Å². The van der Waals surface area contributed by atoms with Gasteiger partial charge in [-0.1, -0.05) is 24.3 Å². The van der Waals surface area contributed by atoms with E-state index in [1.165, 1.54) is 20.3 Å². The molecule has 0 amide bonds. The summed E-state index contributed by atoms with van der Waals surface area (Å²) in [5.41, 5.74) is 4.81. The number of H-pyrrole nitrogens is 1. The summed E-state index contributed by atoms with van der Waals surface area (Å²) in [5.74, 6) is -2.44. The number of carboxylic acids is 2. The van der Waals surface area contributed by atoms with E-state index >= 15 is 0 Å². The van der Waals surface area contributed by atoms with Crippen LogP contribution in [0.15, 0.2) is 47.3 Å². The zero-order chi connectivity index (χ0) is 22.0. The molecule has 9 heteroatoms. The maximum absolute atomic E-state index is 12.2. The first-order valence-electron chi connectivity index (χ1n) is 8.63. The van der Waals surface area contributed by atoms with Gasteiger partial charge in [0, 0.05) is 5.56 Å². The highest BCUT2D eigenvalue weighted by atomic mass is 16.5. The zero-order valence-corrected chi connectivity index (χ0v) is 16.1. The number of hydrogen-bond acceptors (Lipinski definition) is 6. The van der Waals surface area contributed by atoms with Gasteiger partial charge in [0.2, 0.25) is 0 Å². The van der Waals surface area contributed by atoms with Gasteiger partial charge in [-0.3, -0.25) is 4.79 Å². The molecule has 3 rings (SSSR count). The number of nitrogen functional groups attached to an aromatic ring is 1. The van der Waals surface area contributed by atoms with Crippen LogP contribution in [0.3, 0.4) is 0 Å². The van der Waals surface area contributed by atoms with Gasteiger partial charge in [-0.2, -0.15) is 0 Å². The number of rotatable bonds is 6. The molecule has 30 heavy (non-hydrogen) atoms. The molecule has 0 aliphatic carbocycles. The lowest BCUT2D eigenvalue weighted by Gasteiger charge is -2.14. The van der Waals surface area contributed by atoms with Crippen molar-refractivity contribution in [2.75, 3.05) is 20.0 Å². The van der Waals surface area contributed by atoms with E-state index in [1.807, 2.05) is 0 Å². The first-order chi connectivity index (χ1) is 14.3. The molecule has 9 nitrogen and oxygen atoms in total. The number of benzene rings is 2. The molecule has 1 aromatic heterocycles. The summed E-state index contributed by atoms with van der Waals surface area (Å²) in [7, 11) is 3.01. The van der Waals surface area contributed by atoms with E-state index in [2.05, 4.69) is 4.98 Å². The Labute approximate surface area is 170 Å². The van der Waals surface area contributed by atoms with Gasteiger partial charge in [0.1, 0.15) is 16.9 Å². The van der Waals surface area contributed by atoms with Gasteiger partial charge in [-0.05, 0) is 34.9 Å². The summed E-state index contributed by atoms with van der Waals surface area (Å²) < 4.78 is 10.5. The number of nitrogens with two attached hydrogens (primary N) is 1. The van der Waals surface area contributed by atoms with E-state index in [0.717, 1.165) is 0 Å². The van der Waals surface area contributed by atoms with Crippen LogP contribution < -0.4 is 20.8 Å². The predicted molar refractivity (Wildman–Crippen MR) is 109 cm³/mol. The minimum atomic E-state index is -1.56. The summed E-state index contributed by atoms with van der Waals surface area (Å²) >= 11 is 0. The minimum absolute atomic E-state index is 0.217. The van der Waals surface area contributed by atoms with Crippen LogP contribution in [0.2, 0.25) is 0 Å². The second kappa shape index (κ2) is 8.00. The topological polar surface area (TPSA) is 152 Å². The number of anilines is 1. The van der Waals surface area contributed by atoms with Crippen molar-refractivity contribution in [1.29, 1.82) is 0 Å².